The van der Waals surface area contributed by atoms with E-state index >= 15 is 0 Å². The van der Waals surface area contributed by atoms with Crippen molar-refractivity contribution in [1.29, 1.82) is 0 Å². The Kier molecular flexibility index (Phi) is 3.78. The number of halogens is 2. The molecule has 1 saturated carbocycles. The number of piperidine rings is 1. The van der Waals surface area contributed by atoms with Crippen molar-refractivity contribution in [3.63, 3.8) is 0 Å². The molecule has 2 aliphatic rings. The van der Waals surface area contributed by atoms with Crippen LogP contribution in [0.1, 0.15) is 43.7 Å². The van der Waals surface area contributed by atoms with Gasteiger partial charge in [0.1, 0.15) is 0 Å². The largest absolute Gasteiger partial charge is 0.389 e. The first kappa shape index (κ1) is 13.7. The van der Waals surface area contributed by atoms with Crippen molar-refractivity contribution in [3.8, 4) is 0 Å². The lowest BCUT2D eigenvalue weighted by atomic mass is 9.67. The summed E-state index contributed by atoms with van der Waals surface area (Å²) in [6, 6.07) is 5.80. The van der Waals surface area contributed by atoms with E-state index in [1.165, 1.54) is 6.42 Å². The maximum absolute atomic E-state index is 10.9. The molecule has 0 amide bonds. The van der Waals surface area contributed by atoms with Crippen LogP contribution in [0.3, 0.4) is 0 Å². The highest BCUT2D eigenvalue weighted by molar-refractivity contribution is 6.35. The quantitative estimate of drug-likeness (QED) is 0.823. The van der Waals surface area contributed by atoms with E-state index in [1.54, 1.807) is 6.07 Å². The Labute approximate surface area is 124 Å². The summed E-state index contributed by atoms with van der Waals surface area (Å²) in [6.45, 7) is 0.844. The second-order valence-electron chi connectivity index (χ2n) is 5.80. The van der Waals surface area contributed by atoms with Gasteiger partial charge in [0.25, 0.3) is 0 Å². The van der Waals surface area contributed by atoms with Crippen LogP contribution in [0.15, 0.2) is 18.2 Å². The van der Waals surface area contributed by atoms with Crippen LogP contribution in [-0.2, 0) is 0 Å². The van der Waals surface area contributed by atoms with Gasteiger partial charge in [-0.2, -0.15) is 0 Å². The molecule has 1 saturated heterocycles. The van der Waals surface area contributed by atoms with Crippen molar-refractivity contribution < 1.29 is 5.11 Å². The Morgan fingerprint density at radius 1 is 1.21 bits per heavy atom. The van der Waals surface area contributed by atoms with Gasteiger partial charge in [-0.05, 0) is 43.5 Å². The normalized spacial score (nSPS) is 34.9. The summed E-state index contributed by atoms with van der Waals surface area (Å²) in [4.78, 5) is 0. The molecular formula is C15H19Cl2NO. The van der Waals surface area contributed by atoms with Gasteiger partial charge in [0.15, 0.2) is 0 Å². The van der Waals surface area contributed by atoms with E-state index in [-0.39, 0.29) is 12.0 Å². The zero-order valence-electron chi connectivity index (χ0n) is 10.8. The fraction of sp³-hybridized carbons (Fsp3) is 0.600. The lowest BCUT2D eigenvalue weighted by Crippen LogP contribution is -2.53. The minimum Gasteiger partial charge on any atom is -0.389 e. The van der Waals surface area contributed by atoms with Crippen molar-refractivity contribution >= 4 is 23.2 Å². The maximum Gasteiger partial charge on any atom is 0.0706 e. The number of nitrogens with one attached hydrogen (secondary N) is 1. The van der Waals surface area contributed by atoms with Gasteiger partial charge in [0.2, 0.25) is 0 Å². The molecule has 1 aromatic rings. The zero-order valence-corrected chi connectivity index (χ0v) is 12.3. The van der Waals surface area contributed by atoms with E-state index in [4.69, 9.17) is 23.2 Å². The Morgan fingerprint density at radius 2 is 2.05 bits per heavy atom. The third-order valence-electron chi connectivity index (χ3n) is 4.69. The number of fused-ring (bicyclic) bond motifs is 1. The molecule has 19 heavy (non-hydrogen) atoms. The summed E-state index contributed by atoms with van der Waals surface area (Å²) < 4.78 is 0. The van der Waals surface area contributed by atoms with E-state index in [0.717, 1.165) is 37.8 Å². The van der Waals surface area contributed by atoms with Crippen LogP contribution in [0.5, 0.6) is 0 Å². The van der Waals surface area contributed by atoms with Gasteiger partial charge in [0, 0.05) is 22.0 Å². The molecule has 0 spiro atoms. The molecule has 2 nitrogen and oxygen atoms in total. The molecule has 104 valence electrons. The van der Waals surface area contributed by atoms with E-state index in [1.807, 2.05) is 12.1 Å². The Morgan fingerprint density at radius 3 is 2.84 bits per heavy atom. The number of hydrogen-bond donors (Lipinski definition) is 2. The Hall–Kier alpha value is -0.280. The van der Waals surface area contributed by atoms with Crippen molar-refractivity contribution in [2.45, 2.75) is 43.7 Å². The van der Waals surface area contributed by atoms with E-state index in [0.29, 0.717) is 10.0 Å². The summed E-state index contributed by atoms with van der Waals surface area (Å²) in [5.74, 6) is 0.258. The highest BCUT2D eigenvalue weighted by Crippen LogP contribution is 2.46. The zero-order chi connectivity index (χ0) is 13.5. The fourth-order valence-electron chi connectivity index (χ4n) is 3.70. The van der Waals surface area contributed by atoms with Crippen molar-refractivity contribution in [3.05, 3.63) is 33.8 Å². The van der Waals surface area contributed by atoms with Gasteiger partial charge in [-0.15, -0.1) is 0 Å². The monoisotopic (exact) mass is 299 g/mol. The Bertz CT molecular complexity index is 475. The summed E-state index contributed by atoms with van der Waals surface area (Å²) in [5, 5.41) is 15.7. The molecule has 0 radical (unpaired) electrons. The van der Waals surface area contributed by atoms with Crippen LogP contribution in [0, 0.1) is 5.92 Å². The average molecular weight is 300 g/mol. The molecule has 0 bridgehead atoms. The first-order valence-corrected chi connectivity index (χ1v) is 7.76. The number of rotatable bonds is 1. The average Bonchev–Trinajstić information content (AvgIpc) is 2.37. The predicted octanol–water partition coefficient (Wildman–Crippen LogP) is 3.95. The van der Waals surface area contributed by atoms with E-state index < -0.39 is 5.60 Å². The first-order chi connectivity index (χ1) is 9.10. The van der Waals surface area contributed by atoms with Crippen LogP contribution in [0.4, 0.5) is 0 Å². The highest BCUT2D eigenvalue weighted by atomic mass is 35.5. The summed E-state index contributed by atoms with van der Waals surface area (Å²) >= 11 is 12.3. The van der Waals surface area contributed by atoms with Gasteiger partial charge >= 0.3 is 0 Å². The van der Waals surface area contributed by atoms with Gasteiger partial charge in [-0.1, -0.05) is 42.1 Å². The highest BCUT2D eigenvalue weighted by Gasteiger charge is 2.46. The van der Waals surface area contributed by atoms with Crippen LogP contribution >= 0.6 is 23.2 Å². The minimum atomic E-state index is -0.517. The standard InChI is InChI=1S/C15H19Cl2NO/c16-10-4-5-11(13(17)9-10)14-12-3-1-2-6-15(12,19)7-8-18-14/h4-5,9,12,14,18-19H,1-3,6-8H2/t12-,14+,15-/m1/s1. The molecule has 3 atom stereocenters. The number of hydrogen-bond acceptors (Lipinski definition) is 2. The summed E-state index contributed by atoms with van der Waals surface area (Å²) in [7, 11) is 0. The first-order valence-electron chi connectivity index (χ1n) is 7.01. The van der Waals surface area contributed by atoms with E-state index in [2.05, 4.69) is 5.32 Å². The molecule has 0 unspecified atom stereocenters. The van der Waals surface area contributed by atoms with Crippen molar-refractivity contribution in [2.75, 3.05) is 6.54 Å². The Balaban J connectivity index is 1.94. The smallest absolute Gasteiger partial charge is 0.0706 e. The van der Waals surface area contributed by atoms with Crippen molar-refractivity contribution in [1.82, 2.24) is 5.32 Å². The van der Waals surface area contributed by atoms with Crippen LogP contribution in [0.25, 0.3) is 0 Å². The molecule has 0 aromatic heterocycles. The number of aliphatic hydroxyl groups is 1. The van der Waals surface area contributed by atoms with Gasteiger partial charge in [-0.3, -0.25) is 0 Å². The van der Waals surface area contributed by atoms with Gasteiger partial charge < -0.3 is 10.4 Å². The molecule has 1 aliphatic heterocycles. The summed E-state index contributed by atoms with van der Waals surface area (Å²) in [5.41, 5.74) is 0.549. The second-order valence-corrected chi connectivity index (χ2v) is 6.65. The maximum atomic E-state index is 10.9. The fourth-order valence-corrected chi connectivity index (χ4v) is 4.23. The molecule has 1 aliphatic carbocycles. The van der Waals surface area contributed by atoms with E-state index in [9.17, 15) is 5.11 Å². The molecular weight excluding hydrogens is 281 g/mol. The van der Waals surface area contributed by atoms with Crippen LogP contribution < -0.4 is 5.32 Å². The topological polar surface area (TPSA) is 32.3 Å². The summed E-state index contributed by atoms with van der Waals surface area (Å²) in [6.07, 6.45) is 5.15. The molecule has 1 heterocycles. The molecule has 3 rings (SSSR count). The molecule has 2 fully saturated rings. The van der Waals surface area contributed by atoms with Gasteiger partial charge in [-0.25, -0.2) is 0 Å². The molecule has 4 heteroatoms. The SMILES string of the molecule is O[C@@]12CCCC[C@@H]1[C@H](c1ccc(Cl)cc1Cl)NCC2. The minimum absolute atomic E-state index is 0.142. The molecule has 1 aromatic carbocycles. The van der Waals surface area contributed by atoms with Crippen LogP contribution in [-0.4, -0.2) is 17.3 Å². The second kappa shape index (κ2) is 5.25. The van der Waals surface area contributed by atoms with Crippen LogP contribution in [0.2, 0.25) is 10.0 Å². The van der Waals surface area contributed by atoms with Crippen molar-refractivity contribution in [2.24, 2.45) is 5.92 Å². The third-order valence-corrected chi connectivity index (χ3v) is 5.25. The molecule has 2 N–H and O–H groups in total. The lowest BCUT2D eigenvalue weighted by Gasteiger charge is -2.48. The van der Waals surface area contributed by atoms with Gasteiger partial charge in [0.05, 0.1) is 5.60 Å². The predicted molar refractivity (Wildman–Crippen MR) is 78.7 cm³/mol. The third kappa shape index (κ3) is 2.52. The number of benzene rings is 1. The lowest BCUT2D eigenvalue weighted by molar-refractivity contribution is -0.0861.